The number of carbonyl (C=O) groups excluding carboxylic acids is 1. The number of carbonyl (C=O) groups is 1. The van der Waals surface area contributed by atoms with Gasteiger partial charge >= 0.3 is 6.18 Å². The van der Waals surface area contributed by atoms with E-state index in [1.807, 2.05) is 30.3 Å². The molecule has 1 aliphatic carbocycles. The average Bonchev–Trinajstić information content (AvgIpc) is 2.68. The van der Waals surface area contributed by atoms with E-state index in [0.717, 1.165) is 49.6 Å². The van der Waals surface area contributed by atoms with E-state index in [9.17, 15) is 18.0 Å². The lowest BCUT2D eigenvalue weighted by molar-refractivity contribution is -0.137. The van der Waals surface area contributed by atoms with Crippen LogP contribution in [0.5, 0.6) is 0 Å². The van der Waals surface area contributed by atoms with Gasteiger partial charge in [0.2, 0.25) is 0 Å². The molecule has 2 aromatic rings. The van der Waals surface area contributed by atoms with E-state index in [2.05, 4.69) is 17.6 Å². The Bertz CT molecular complexity index is 834. The SMILES string of the molecule is C[C@H](Nc1ccccc1)C1CCC(NC(=O)c2cc(C(F)(F)F)ccc2Cl)CC1. The van der Waals surface area contributed by atoms with Gasteiger partial charge in [-0.1, -0.05) is 29.8 Å². The average molecular weight is 425 g/mol. The summed E-state index contributed by atoms with van der Waals surface area (Å²) >= 11 is 5.96. The highest BCUT2D eigenvalue weighted by Crippen LogP contribution is 2.32. The normalized spacial score (nSPS) is 20.7. The molecule has 0 radical (unpaired) electrons. The molecule has 0 heterocycles. The molecule has 0 unspecified atom stereocenters. The van der Waals surface area contributed by atoms with Gasteiger partial charge in [0.25, 0.3) is 5.91 Å². The van der Waals surface area contributed by atoms with Crippen LogP contribution in [0.1, 0.15) is 48.5 Å². The van der Waals surface area contributed by atoms with Crippen LogP contribution in [0.3, 0.4) is 0 Å². The van der Waals surface area contributed by atoms with Crippen LogP contribution in [0.25, 0.3) is 0 Å². The van der Waals surface area contributed by atoms with Crippen LogP contribution in [-0.4, -0.2) is 18.0 Å². The fourth-order valence-electron chi connectivity index (χ4n) is 3.82. The molecular formula is C22H24ClF3N2O. The number of benzene rings is 2. The number of anilines is 1. The number of amides is 1. The van der Waals surface area contributed by atoms with Crippen LogP contribution in [0.15, 0.2) is 48.5 Å². The molecule has 3 rings (SSSR count). The second-order valence-corrected chi connectivity index (χ2v) is 7.98. The smallest absolute Gasteiger partial charge is 0.382 e. The van der Waals surface area contributed by atoms with Gasteiger partial charge in [-0.3, -0.25) is 4.79 Å². The molecule has 1 fully saturated rings. The number of hydrogen-bond acceptors (Lipinski definition) is 2. The molecule has 1 aliphatic rings. The molecule has 0 aliphatic heterocycles. The van der Waals surface area contributed by atoms with Gasteiger partial charge in [-0.25, -0.2) is 0 Å². The number of alkyl halides is 3. The van der Waals surface area contributed by atoms with Gasteiger partial charge in [0.05, 0.1) is 16.1 Å². The Kier molecular flexibility index (Phi) is 6.73. The minimum atomic E-state index is -4.51. The van der Waals surface area contributed by atoms with Crippen molar-refractivity contribution in [3.63, 3.8) is 0 Å². The molecule has 2 aromatic carbocycles. The Morgan fingerprint density at radius 1 is 1.07 bits per heavy atom. The first-order valence-corrected chi connectivity index (χ1v) is 10.1. The van der Waals surface area contributed by atoms with Crippen molar-refractivity contribution < 1.29 is 18.0 Å². The largest absolute Gasteiger partial charge is 0.416 e. The summed E-state index contributed by atoms with van der Waals surface area (Å²) in [5.41, 5.74) is 0.0638. The highest BCUT2D eigenvalue weighted by Gasteiger charge is 2.32. The zero-order chi connectivity index (χ0) is 21.0. The number of halogens is 4. The Morgan fingerprint density at radius 3 is 2.34 bits per heavy atom. The summed E-state index contributed by atoms with van der Waals surface area (Å²) in [6.07, 6.45) is -1.08. The summed E-state index contributed by atoms with van der Waals surface area (Å²) in [4.78, 5) is 12.5. The fourth-order valence-corrected chi connectivity index (χ4v) is 4.02. The molecule has 0 aromatic heterocycles. The zero-order valence-electron chi connectivity index (χ0n) is 16.1. The van der Waals surface area contributed by atoms with E-state index in [0.29, 0.717) is 12.0 Å². The molecule has 0 saturated heterocycles. The van der Waals surface area contributed by atoms with Crippen LogP contribution < -0.4 is 10.6 Å². The Hall–Kier alpha value is -2.21. The van der Waals surface area contributed by atoms with Crippen molar-refractivity contribution in [2.45, 2.75) is 50.9 Å². The summed E-state index contributed by atoms with van der Waals surface area (Å²) < 4.78 is 38.7. The Labute approximate surface area is 173 Å². The standard InChI is InChI=1S/C22H24ClF3N2O/c1-14(27-17-5-3-2-4-6-17)15-7-10-18(11-8-15)28-21(29)19-13-16(22(24,25)26)9-12-20(19)23/h2-6,9,12-15,18,27H,7-8,10-11H2,1H3,(H,28,29)/t14-,15?,18?/m0/s1. The van der Waals surface area contributed by atoms with Gasteiger partial charge < -0.3 is 10.6 Å². The summed E-state index contributed by atoms with van der Waals surface area (Å²) in [5, 5.41) is 6.38. The Morgan fingerprint density at radius 2 is 1.72 bits per heavy atom. The third-order valence-electron chi connectivity index (χ3n) is 5.52. The molecule has 156 valence electrons. The molecule has 29 heavy (non-hydrogen) atoms. The maximum atomic E-state index is 12.9. The number of rotatable bonds is 5. The molecule has 7 heteroatoms. The van der Waals surface area contributed by atoms with Gasteiger partial charge in [0.15, 0.2) is 0 Å². The van der Waals surface area contributed by atoms with Gasteiger partial charge in [-0.2, -0.15) is 13.2 Å². The van der Waals surface area contributed by atoms with Crippen LogP contribution >= 0.6 is 11.6 Å². The van der Waals surface area contributed by atoms with Crippen LogP contribution in [0.2, 0.25) is 5.02 Å². The van der Waals surface area contributed by atoms with E-state index in [1.165, 1.54) is 0 Å². The van der Waals surface area contributed by atoms with Gasteiger partial charge in [-0.15, -0.1) is 0 Å². The van der Waals surface area contributed by atoms with Crippen molar-refractivity contribution in [3.8, 4) is 0 Å². The second kappa shape index (κ2) is 9.08. The van der Waals surface area contributed by atoms with Crippen molar-refractivity contribution in [2.24, 2.45) is 5.92 Å². The van der Waals surface area contributed by atoms with Gasteiger partial charge in [0, 0.05) is 17.8 Å². The van der Waals surface area contributed by atoms with E-state index in [4.69, 9.17) is 11.6 Å². The van der Waals surface area contributed by atoms with Crippen LogP contribution in [0.4, 0.5) is 18.9 Å². The number of hydrogen-bond donors (Lipinski definition) is 2. The second-order valence-electron chi connectivity index (χ2n) is 7.58. The van der Waals surface area contributed by atoms with Crippen LogP contribution in [-0.2, 0) is 6.18 Å². The Balaban J connectivity index is 1.55. The monoisotopic (exact) mass is 424 g/mol. The first kappa shape index (κ1) is 21.5. The molecule has 0 bridgehead atoms. The van der Waals surface area contributed by atoms with Crippen molar-refractivity contribution >= 4 is 23.2 Å². The van der Waals surface area contributed by atoms with Gasteiger partial charge in [-0.05, 0) is 68.9 Å². The van der Waals surface area contributed by atoms with Crippen molar-refractivity contribution in [2.75, 3.05) is 5.32 Å². The van der Waals surface area contributed by atoms with E-state index in [-0.39, 0.29) is 16.6 Å². The van der Waals surface area contributed by atoms with Crippen molar-refractivity contribution in [1.29, 1.82) is 0 Å². The first-order chi connectivity index (χ1) is 13.7. The van der Waals surface area contributed by atoms with Crippen LogP contribution in [0, 0.1) is 5.92 Å². The first-order valence-electron chi connectivity index (χ1n) is 9.73. The molecule has 1 saturated carbocycles. The predicted octanol–water partition coefficient (Wildman–Crippen LogP) is 6.15. The quantitative estimate of drug-likeness (QED) is 0.604. The summed E-state index contributed by atoms with van der Waals surface area (Å²) in [6.45, 7) is 2.15. The van der Waals surface area contributed by atoms with Gasteiger partial charge in [0.1, 0.15) is 0 Å². The van der Waals surface area contributed by atoms with E-state index >= 15 is 0 Å². The summed E-state index contributed by atoms with van der Waals surface area (Å²) in [6, 6.07) is 13.1. The van der Waals surface area contributed by atoms with E-state index < -0.39 is 17.6 Å². The summed E-state index contributed by atoms with van der Waals surface area (Å²) in [5.74, 6) is -0.0829. The lowest BCUT2D eigenvalue weighted by Gasteiger charge is -2.33. The molecule has 1 atom stereocenters. The lowest BCUT2D eigenvalue weighted by atomic mass is 9.82. The van der Waals surface area contributed by atoms with E-state index in [1.54, 1.807) is 0 Å². The molecule has 3 nitrogen and oxygen atoms in total. The fraction of sp³-hybridized carbons (Fsp3) is 0.409. The number of para-hydroxylation sites is 1. The molecule has 0 spiro atoms. The lowest BCUT2D eigenvalue weighted by Crippen LogP contribution is -2.40. The maximum absolute atomic E-state index is 12.9. The molecule has 1 amide bonds. The summed E-state index contributed by atoms with van der Waals surface area (Å²) in [7, 11) is 0. The molecular weight excluding hydrogens is 401 g/mol. The highest BCUT2D eigenvalue weighted by molar-refractivity contribution is 6.33. The topological polar surface area (TPSA) is 41.1 Å². The number of nitrogens with one attached hydrogen (secondary N) is 2. The van der Waals surface area contributed by atoms with Crippen molar-refractivity contribution in [3.05, 3.63) is 64.7 Å². The highest BCUT2D eigenvalue weighted by atomic mass is 35.5. The van der Waals surface area contributed by atoms with Crippen molar-refractivity contribution in [1.82, 2.24) is 5.32 Å². The maximum Gasteiger partial charge on any atom is 0.416 e. The zero-order valence-corrected chi connectivity index (χ0v) is 16.9. The third-order valence-corrected chi connectivity index (χ3v) is 5.85. The minimum absolute atomic E-state index is 0.0184. The minimum Gasteiger partial charge on any atom is -0.382 e. The third kappa shape index (κ3) is 5.66. The molecule has 2 N–H and O–H groups in total. The predicted molar refractivity (Wildman–Crippen MR) is 109 cm³/mol.